The first-order valence-corrected chi connectivity index (χ1v) is 12.8. The fourth-order valence-electron chi connectivity index (χ4n) is 5.60. The van der Waals surface area contributed by atoms with Gasteiger partial charge < -0.3 is 0 Å². The Labute approximate surface area is 215 Å². The normalized spacial score (nSPS) is 17.1. The molecule has 1 aromatic heterocycles. The summed E-state index contributed by atoms with van der Waals surface area (Å²) in [5, 5.41) is 0. The molecule has 0 bridgehead atoms. The Balaban J connectivity index is 1.58. The molecule has 2 aliphatic carbocycles. The fraction of sp³-hybridized carbons (Fsp3) is 0.182. The third-order valence-electron chi connectivity index (χ3n) is 7.31. The van der Waals surface area contributed by atoms with E-state index in [1.807, 2.05) is 12.1 Å². The van der Waals surface area contributed by atoms with E-state index in [1.54, 1.807) is 24.3 Å². The van der Waals surface area contributed by atoms with Crippen LogP contribution in [0.3, 0.4) is 0 Å². The van der Waals surface area contributed by atoms with Crippen molar-refractivity contribution in [2.24, 2.45) is 0 Å². The molecule has 0 saturated carbocycles. The number of hydrogen-bond donors (Lipinski definition) is 0. The molecular weight excluding hydrogens is 467 g/mol. The molecule has 3 aromatic carbocycles. The number of benzene rings is 3. The second-order valence-electron chi connectivity index (χ2n) is 9.80. The standard InChI is InChI=1S/C33H26F3N/c34-26-13-7-21(8-14-26)19-24-3-1-5-29-31(23-11-17-28(36)18-12-23)30-6-2-4-25(33(30)37-32(24)29)20-22-9-15-27(35)16-10-22/h7-20H,1-6H2/b24-19+,25-20+. The molecule has 1 heterocycles. The summed E-state index contributed by atoms with van der Waals surface area (Å²) in [6.07, 6.45) is 9.78. The van der Waals surface area contributed by atoms with Gasteiger partial charge in [0.15, 0.2) is 0 Å². The Bertz CT molecular complexity index is 1420. The third-order valence-corrected chi connectivity index (χ3v) is 7.31. The lowest BCUT2D eigenvalue weighted by atomic mass is 9.78. The van der Waals surface area contributed by atoms with Crippen molar-refractivity contribution in [3.8, 4) is 11.1 Å². The van der Waals surface area contributed by atoms with Crippen molar-refractivity contribution >= 4 is 23.3 Å². The van der Waals surface area contributed by atoms with E-state index in [9.17, 15) is 13.2 Å². The van der Waals surface area contributed by atoms with E-state index < -0.39 is 0 Å². The number of rotatable bonds is 3. The first-order valence-electron chi connectivity index (χ1n) is 12.8. The Hall–Kier alpha value is -3.92. The van der Waals surface area contributed by atoms with Gasteiger partial charge in [-0.15, -0.1) is 0 Å². The molecule has 0 amide bonds. The predicted molar refractivity (Wildman–Crippen MR) is 144 cm³/mol. The summed E-state index contributed by atoms with van der Waals surface area (Å²) in [6.45, 7) is 0. The zero-order valence-electron chi connectivity index (χ0n) is 20.4. The molecule has 184 valence electrons. The molecule has 0 N–H and O–H groups in total. The summed E-state index contributed by atoms with van der Waals surface area (Å²) in [5.74, 6) is -0.769. The van der Waals surface area contributed by atoms with Crippen molar-refractivity contribution in [3.63, 3.8) is 0 Å². The van der Waals surface area contributed by atoms with Crippen LogP contribution in [-0.4, -0.2) is 4.98 Å². The van der Waals surface area contributed by atoms with Gasteiger partial charge in [0.2, 0.25) is 0 Å². The van der Waals surface area contributed by atoms with Crippen molar-refractivity contribution in [1.82, 2.24) is 4.98 Å². The van der Waals surface area contributed by atoms with Crippen LogP contribution in [0.4, 0.5) is 13.2 Å². The molecule has 4 heteroatoms. The molecule has 0 aliphatic heterocycles. The number of nitrogens with zero attached hydrogens (tertiary/aromatic N) is 1. The Kier molecular flexibility index (Phi) is 6.25. The summed E-state index contributed by atoms with van der Waals surface area (Å²) >= 11 is 0. The minimum atomic E-state index is -0.257. The molecule has 6 rings (SSSR count). The zero-order chi connectivity index (χ0) is 25.4. The highest BCUT2D eigenvalue weighted by Crippen LogP contribution is 2.44. The molecular formula is C33H26F3N. The lowest BCUT2D eigenvalue weighted by Crippen LogP contribution is -2.15. The minimum absolute atomic E-state index is 0.255. The van der Waals surface area contributed by atoms with Gasteiger partial charge in [0, 0.05) is 0 Å². The maximum absolute atomic E-state index is 13.9. The molecule has 4 aromatic rings. The first-order chi connectivity index (χ1) is 18.0. The summed E-state index contributed by atoms with van der Waals surface area (Å²) < 4.78 is 40.9. The van der Waals surface area contributed by atoms with E-state index in [1.165, 1.54) is 47.5 Å². The van der Waals surface area contributed by atoms with Gasteiger partial charge in [0.1, 0.15) is 17.5 Å². The van der Waals surface area contributed by atoms with Crippen molar-refractivity contribution in [3.05, 3.63) is 124 Å². The van der Waals surface area contributed by atoms with Gasteiger partial charge in [0.05, 0.1) is 11.4 Å². The van der Waals surface area contributed by atoms with Crippen molar-refractivity contribution < 1.29 is 13.2 Å². The summed E-state index contributed by atoms with van der Waals surface area (Å²) in [4.78, 5) is 5.29. The number of hydrogen-bond acceptors (Lipinski definition) is 1. The van der Waals surface area contributed by atoms with Crippen molar-refractivity contribution in [1.29, 1.82) is 0 Å². The van der Waals surface area contributed by atoms with Crippen molar-refractivity contribution in [2.45, 2.75) is 38.5 Å². The van der Waals surface area contributed by atoms with Crippen LogP contribution in [-0.2, 0) is 12.8 Å². The van der Waals surface area contributed by atoms with Crippen LogP contribution >= 0.6 is 0 Å². The van der Waals surface area contributed by atoms with E-state index in [-0.39, 0.29) is 17.5 Å². The lowest BCUT2D eigenvalue weighted by molar-refractivity contribution is 0.627. The van der Waals surface area contributed by atoms with Gasteiger partial charge in [-0.1, -0.05) is 36.4 Å². The van der Waals surface area contributed by atoms with Crippen LogP contribution in [0.5, 0.6) is 0 Å². The van der Waals surface area contributed by atoms with Gasteiger partial charge in [-0.25, -0.2) is 18.2 Å². The second-order valence-corrected chi connectivity index (χ2v) is 9.80. The monoisotopic (exact) mass is 493 g/mol. The molecule has 0 atom stereocenters. The highest BCUT2D eigenvalue weighted by molar-refractivity contribution is 5.91. The van der Waals surface area contributed by atoms with E-state index in [4.69, 9.17) is 4.98 Å². The van der Waals surface area contributed by atoms with Crippen LogP contribution in [0, 0.1) is 17.5 Å². The topological polar surface area (TPSA) is 12.9 Å². The van der Waals surface area contributed by atoms with Crippen LogP contribution in [0.2, 0.25) is 0 Å². The Morgan fingerprint density at radius 3 is 1.35 bits per heavy atom. The third kappa shape index (κ3) is 4.76. The molecule has 37 heavy (non-hydrogen) atoms. The minimum Gasteiger partial charge on any atom is -0.248 e. The van der Waals surface area contributed by atoms with Crippen LogP contribution in [0.15, 0.2) is 72.8 Å². The smallest absolute Gasteiger partial charge is 0.123 e. The molecule has 2 aliphatic rings. The number of aromatic nitrogens is 1. The van der Waals surface area contributed by atoms with Gasteiger partial charge in [-0.2, -0.15) is 0 Å². The number of fused-ring (bicyclic) bond motifs is 2. The van der Waals surface area contributed by atoms with Gasteiger partial charge in [-0.3, -0.25) is 0 Å². The quantitative estimate of drug-likeness (QED) is 0.278. The van der Waals surface area contributed by atoms with E-state index in [2.05, 4.69) is 12.2 Å². The number of allylic oxidation sites excluding steroid dienone is 2. The second kappa shape index (κ2) is 9.85. The van der Waals surface area contributed by atoms with E-state index >= 15 is 0 Å². The van der Waals surface area contributed by atoms with Gasteiger partial charge in [0.25, 0.3) is 0 Å². The maximum Gasteiger partial charge on any atom is 0.123 e. The van der Waals surface area contributed by atoms with Gasteiger partial charge >= 0.3 is 0 Å². The lowest BCUT2D eigenvalue weighted by Gasteiger charge is -2.29. The molecule has 1 nitrogen and oxygen atoms in total. The predicted octanol–water partition coefficient (Wildman–Crippen LogP) is 8.92. The van der Waals surface area contributed by atoms with Gasteiger partial charge in [-0.05, 0) is 132 Å². The summed E-state index contributed by atoms with van der Waals surface area (Å²) in [5.41, 5.74) is 10.7. The number of pyridine rings is 1. The molecule has 0 fully saturated rings. The Morgan fingerprint density at radius 1 is 0.514 bits per heavy atom. The molecule has 0 saturated heterocycles. The van der Waals surface area contributed by atoms with Crippen molar-refractivity contribution in [2.75, 3.05) is 0 Å². The van der Waals surface area contributed by atoms with Crippen LogP contribution in [0.1, 0.15) is 59.3 Å². The van der Waals surface area contributed by atoms with Crippen LogP contribution in [0.25, 0.3) is 34.4 Å². The largest absolute Gasteiger partial charge is 0.248 e. The summed E-state index contributed by atoms with van der Waals surface area (Å²) in [7, 11) is 0. The van der Waals surface area contributed by atoms with Crippen LogP contribution < -0.4 is 0 Å². The average molecular weight is 494 g/mol. The highest BCUT2D eigenvalue weighted by atomic mass is 19.1. The molecule has 0 spiro atoms. The SMILES string of the molecule is Fc1ccc(/C=C2\CCCc3c2nc2c(c3-c3ccc(F)cc3)CCC/C2=C\c2ccc(F)cc2)cc1. The van der Waals surface area contributed by atoms with E-state index in [0.29, 0.717) is 0 Å². The maximum atomic E-state index is 13.9. The fourth-order valence-corrected chi connectivity index (χ4v) is 5.60. The summed E-state index contributed by atoms with van der Waals surface area (Å²) in [6, 6.07) is 19.8. The highest BCUT2D eigenvalue weighted by Gasteiger charge is 2.28. The van der Waals surface area contributed by atoms with E-state index in [0.717, 1.165) is 83.3 Å². The molecule has 0 unspecified atom stereocenters. The average Bonchev–Trinajstić information content (AvgIpc) is 2.91. The zero-order valence-corrected chi connectivity index (χ0v) is 20.4. The number of halogens is 3. The first kappa shape index (κ1) is 23.5. The Morgan fingerprint density at radius 2 is 0.919 bits per heavy atom. The molecule has 0 radical (unpaired) electrons.